The Balaban J connectivity index is 1.37. The number of aromatic nitrogens is 1. The Morgan fingerprint density at radius 3 is 2.76 bits per heavy atom. The number of nitrogens with zero attached hydrogens (tertiary/aromatic N) is 1. The van der Waals surface area contributed by atoms with Crippen molar-refractivity contribution in [2.45, 2.75) is 32.6 Å². The first-order valence-corrected chi connectivity index (χ1v) is 13.1. The number of para-hydroxylation sites is 1. The van der Waals surface area contributed by atoms with Gasteiger partial charge in [-0.3, -0.25) is 4.79 Å². The molecule has 0 saturated carbocycles. The molecule has 1 unspecified atom stereocenters. The average molecular weight is 469 g/mol. The Bertz CT molecular complexity index is 1460. The van der Waals surface area contributed by atoms with Crippen molar-refractivity contribution in [1.82, 2.24) is 4.98 Å². The minimum atomic E-state index is 0.0281. The molecule has 6 rings (SSSR count). The normalized spacial score (nSPS) is 15.6. The molecule has 1 aliphatic carbocycles. The molecule has 1 amide bonds. The molecule has 1 atom stereocenters. The summed E-state index contributed by atoms with van der Waals surface area (Å²) in [6, 6.07) is 22.7. The van der Waals surface area contributed by atoms with Gasteiger partial charge in [0.15, 0.2) is 0 Å². The molecular formula is C28H24N2OS2. The van der Waals surface area contributed by atoms with E-state index in [2.05, 4.69) is 54.7 Å². The monoisotopic (exact) mass is 468 g/mol. The second-order valence-electron chi connectivity index (χ2n) is 8.91. The van der Waals surface area contributed by atoms with Gasteiger partial charge in [0.05, 0.1) is 16.6 Å². The van der Waals surface area contributed by atoms with Crippen LogP contribution in [-0.2, 0) is 24.1 Å². The van der Waals surface area contributed by atoms with E-state index in [9.17, 15) is 4.79 Å². The molecule has 0 fully saturated rings. The first kappa shape index (κ1) is 20.6. The van der Waals surface area contributed by atoms with Gasteiger partial charge >= 0.3 is 0 Å². The number of amides is 1. The first-order valence-electron chi connectivity index (χ1n) is 11.4. The first-order chi connectivity index (χ1) is 16.2. The van der Waals surface area contributed by atoms with E-state index in [0.717, 1.165) is 44.9 Å². The van der Waals surface area contributed by atoms with Crippen LogP contribution < -0.4 is 5.32 Å². The molecule has 0 radical (unpaired) electrons. The van der Waals surface area contributed by atoms with Crippen molar-refractivity contribution in [3.05, 3.63) is 82.7 Å². The van der Waals surface area contributed by atoms with Gasteiger partial charge in [0.2, 0.25) is 5.91 Å². The van der Waals surface area contributed by atoms with Gasteiger partial charge in [0.25, 0.3) is 0 Å². The van der Waals surface area contributed by atoms with Gasteiger partial charge in [-0.15, -0.1) is 22.7 Å². The van der Waals surface area contributed by atoms with Crippen LogP contribution in [0.25, 0.3) is 31.6 Å². The number of hydrogen-bond acceptors (Lipinski definition) is 4. The minimum absolute atomic E-state index is 0.0281. The van der Waals surface area contributed by atoms with Crippen LogP contribution in [0.3, 0.4) is 0 Å². The summed E-state index contributed by atoms with van der Waals surface area (Å²) in [5.41, 5.74) is 4.61. The maximum Gasteiger partial charge on any atom is 0.229 e. The third-order valence-corrected chi connectivity index (χ3v) is 8.73. The lowest BCUT2D eigenvalue weighted by molar-refractivity contribution is -0.115. The van der Waals surface area contributed by atoms with Gasteiger partial charge in [-0.1, -0.05) is 61.5 Å². The lowest BCUT2D eigenvalue weighted by Crippen LogP contribution is -2.14. The Labute approximate surface area is 201 Å². The van der Waals surface area contributed by atoms with Crippen LogP contribution in [0.1, 0.15) is 29.3 Å². The molecular weight excluding hydrogens is 444 g/mol. The maximum absolute atomic E-state index is 13.2. The predicted octanol–water partition coefficient (Wildman–Crippen LogP) is 7.48. The third kappa shape index (κ3) is 3.85. The van der Waals surface area contributed by atoms with E-state index in [1.165, 1.54) is 26.9 Å². The van der Waals surface area contributed by atoms with Gasteiger partial charge in [0.1, 0.15) is 10.0 Å². The number of nitrogens with one attached hydrogen (secondary N) is 1. The maximum atomic E-state index is 13.2. The van der Waals surface area contributed by atoms with Crippen molar-refractivity contribution in [3.8, 4) is 10.6 Å². The highest BCUT2D eigenvalue weighted by Gasteiger charge is 2.27. The van der Waals surface area contributed by atoms with E-state index in [-0.39, 0.29) is 5.91 Å². The van der Waals surface area contributed by atoms with Crippen molar-refractivity contribution < 1.29 is 4.79 Å². The summed E-state index contributed by atoms with van der Waals surface area (Å²) in [5, 5.41) is 7.56. The molecule has 0 bridgehead atoms. The second kappa shape index (κ2) is 8.40. The lowest BCUT2D eigenvalue weighted by atomic mass is 9.88. The van der Waals surface area contributed by atoms with E-state index in [0.29, 0.717) is 12.3 Å². The van der Waals surface area contributed by atoms with Gasteiger partial charge in [0, 0.05) is 10.4 Å². The second-order valence-corrected chi connectivity index (χ2v) is 11.0. The molecule has 2 aromatic heterocycles. The summed E-state index contributed by atoms with van der Waals surface area (Å²) in [4.78, 5) is 19.6. The molecule has 1 aliphatic rings. The van der Waals surface area contributed by atoms with Gasteiger partial charge in [-0.2, -0.15) is 0 Å². The Morgan fingerprint density at radius 1 is 1.03 bits per heavy atom. The predicted molar refractivity (Wildman–Crippen MR) is 140 cm³/mol. The Morgan fingerprint density at radius 2 is 1.85 bits per heavy atom. The summed E-state index contributed by atoms with van der Waals surface area (Å²) in [7, 11) is 0. The number of thiophene rings is 1. The highest BCUT2D eigenvalue weighted by molar-refractivity contribution is 7.22. The van der Waals surface area contributed by atoms with Gasteiger partial charge in [-0.25, -0.2) is 4.98 Å². The zero-order valence-electron chi connectivity index (χ0n) is 18.4. The van der Waals surface area contributed by atoms with Crippen LogP contribution in [0.2, 0.25) is 0 Å². The third-order valence-electron chi connectivity index (χ3n) is 6.50. The highest BCUT2D eigenvalue weighted by atomic mass is 32.1. The molecule has 2 heterocycles. The van der Waals surface area contributed by atoms with E-state index < -0.39 is 0 Å². The van der Waals surface area contributed by atoms with Crippen molar-refractivity contribution >= 4 is 54.6 Å². The molecule has 5 heteroatoms. The smallest absolute Gasteiger partial charge is 0.229 e. The number of anilines is 1. The molecule has 5 aromatic rings. The van der Waals surface area contributed by atoms with E-state index in [4.69, 9.17) is 4.98 Å². The number of benzene rings is 3. The van der Waals surface area contributed by atoms with Gasteiger partial charge in [-0.05, 0) is 59.2 Å². The summed E-state index contributed by atoms with van der Waals surface area (Å²) in [6.07, 6.45) is 3.68. The summed E-state index contributed by atoms with van der Waals surface area (Å²) in [5.74, 6) is 0.707. The standard InChI is InChI=1S/C28H24N2OS2/c1-17-13-14-21-24(15-17)33-28(26(21)27-29-22-11-4-5-12-23(22)32-27)30-25(31)16-19-9-6-8-18-7-2-3-10-20(18)19/h2-12,17H,13-16H2,1H3,(H,30,31). The summed E-state index contributed by atoms with van der Waals surface area (Å²) in [6.45, 7) is 2.32. The van der Waals surface area contributed by atoms with Crippen molar-refractivity contribution in [2.75, 3.05) is 5.32 Å². The van der Waals surface area contributed by atoms with Crippen LogP contribution in [0.5, 0.6) is 0 Å². The fourth-order valence-electron chi connectivity index (χ4n) is 4.83. The fourth-order valence-corrected chi connectivity index (χ4v) is 7.37. The van der Waals surface area contributed by atoms with Crippen molar-refractivity contribution in [2.24, 2.45) is 5.92 Å². The number of hydrogen-bond donors (Lipinski definition) is 1. The highest BCUT2D eigenvalue weighted by Crippen LogP contribution is 2.47. The number of thiazole rings is 1. The van der Waals surface area contributed by atoms with E-state index in [1.54, 1.807) is 22.7 Å². The van der Waals surface area contributed by atoms with Crippen LogP contribution in [0.15, 0.2) is 66.7 Å². The molecule has 164 valence electrons. The minimum Gasteiger partial charge on any atom is -0.317 e. The summed E-state index contributed by atoms with van der Waals surface area (Å²) < 4.78 is 1.18. The quantitative estimate of drug-likeness (QED) is 0.297. The average Bonchev–Trinajstić information content (AvgIpc) is 3.39. The van der Waals surface area contributed by atoms with Crippen LogP contribution in [-0.4, -0.2) is 10.9 Å². The largest absolute Gasteiger partial charge is 0.317 e. The number of carbonyl (C=O) groups excluding carboxylic acids is 1. The Hall–Kier alpha value is -3.02. The molecule has 0 aliphatic heterocycles. The number of carbonyl (C=O) groups is 1. The number of fused-ring (bicyclic) bond motifs is 3. The fraction of sp³-hybridized carbons (Fsp3) is 0.214. The molecule has 3 aromatic carbocycles. The molecule has 1 N–H and O–H groups in total. The van der Waals surface area contributed by atoms with Crippen LogP contribution in [0, 0.1) is 5.92 Å². The zero-order chi connectivity index (χ0) is 22.4. The van der Waals surface area contributed by atoms with E-state index >= 15 is 0 Å². The van der Waals surface area contributed by atoms with Crippen molar-refractivity contribution in [1.29, 1.82) is 0 Å². The summed E-state index contributed by atoms with van der Waals surface area (Å²) >= 11 is 3.47. The Kier molecular flexibility index (Phi) is 5.24. The molecule has 0 saturated heterocycles. The number of rotatable bonds is 4. The van der Waals surface area contributed by atoms with Crippen molar-refractivity contribution in [3.63, 3.8) is 0 Å². The van der Waals surface area contributed by atoms with Crippen LogP contribution >= 0.6 is 22.7 Å². The zero-order valence-corrected chi connectivity index (χ0v) is 20.1. The van der Waals surface area contributed by atoms with E-state index in [1.807, 2.05) is 24.3 Å². The SMILES string of the molecule is CC1CCc2c(sc(NC(=O)Cc3cccc4ccccc34)c2-c2nc3ccccc3s2)C1. The van der Waals surface area contributed by atoms with Gasteiger partial charge < -0.3 is 5.32 Å². The lowest BCUT2D eigenvalue weighted by Gasteiger charge is -2.18. The topological polar surface area (TPSA) is 42.0 Å². The molecule has 0 spiro atoms. The molecule has 3 nitrogen and oxygen atoms in total. The molecule has 33 heavy (non-hydrogen) atoms. The van der Waals surface area contributed by atoms with Crippen LogP contribution in [0.4, 0.5) is 5.00 Å².